The van der Waals surface area contributed by atoms with Crippen LogP contribution in [0, 0.1) is 11.3 Å². The van der Waals surface area contributed by atoms with Gasteiger partial charge in [-0.05, 0) is 49.2 Å². The Morgan fingerprint density at radius 1 is 0.974 bits per heavy atom. The molecule has 0 bridgehead atoms. The third-order valence-electron chi connectivity index (χ3n) is 6.12. The summed E-state index contributed by atoms with van der Waals surface area (Å²) in [6, 6.07) is 11.6. The molecule has 0 aliphatic heterocycles. The Balaban J connectivity index is 2.06. The maximum Gasteiger partial charge on any atom is 0.337 e. The van der Waals surface area contributed by atoms with E-state index in [0.717, 1.165) is 6.07 Å². The van der Waals surface area contributed by atoms with Crippen LogP contribution in [0.5, 0.6) is 0 Å². The zero-order valence-corrected chi connectivity index (χ0v) is 23.5. The number of rotatable bonds is 12. The standard InChI is InChI=1S/C26H30N4O7S2/c1-4-6-12-38(34,35)30(39(36,37)13-7-5-2)20-10-9-19-15-24(29(3)23(19)16-20)25(31)28-22-11-8-18(17-27)14-21(22)26(32)33/h8-11,14-16H,4-7,12-13H2,1-3H3,(H,28,31)(H,32,33). The number of hydrogen-bond donors (Lipinski definition) is 2. The minimum absolute atomic E-state index is 0.00680. The number of nitrogens with one attached hydrogen (secondary N) is 1. The summed E-state index contributed by atoms with van der Waals surface area (Å²) >= 11 is 0. The molecule has 2 aromatic carbocycles. The van der Waals surface area contributed by atoms with Crippen molar-refractivity contribution in [3.8, 4) is 6.07 Å². The molecule has 13 heteroatoms. The van der Waals surface area contributed by atoms with Crippen molar-refractivity contribution in [1.29, 1.82) is 5.26 Å². The number of anilines is 2. The summed E-state index contributed by atoms with van der Waals surface area (Å²) in [4.78, 5) is 24.8. The third kappa shape index (κ3) is 6.40. The van der Waals surface area contributed by atoms with E-state index < -0.39 is 31.9 Å². The number of hydrogen-bond acceptors (Lipinski definition) is 7. The van der Waals surface area contributed by atoms with Gasteiger partial charge in [0.25, 0.3) is 5.91 Å². The topological polar surface area (TPSA) is 167 Å². The van der Waals surface area contributed by atoms with Crippen molar-refractivity contribution >= 4 is 54.2 Å². The minimum Gasteiger partial charge on any atom is -0.478 e. The number of nitriles is 1. The van der Waals surface area contributed by atoms with Gasteiger partial charge >= 0.3 is 5.97 Å². The average Bonchev–Trinajstić information content (AvgIpc) is 3.22. The van der Waals surface area contributed by atoms with Crippen LogP contribution < -0.4 is 9.03 Å². The van der Waals surface area contributed by atoms with Gasteiger partial charge in [-0.3, -0.25) is 4.79 Å². The second kappa shape index (κ2) is 11.9. The normalized spacial score (nSPS) is 11.7. The Labute approximate surface area is 227 Å². The van der Waals surface area contributed by atoms with Crippen LogP contribution in [-0.2, 0) is 27.1 Å². The number of carboxylic acid groups (broad SMARTS) is 1. The summed E-state index contributed by atoms with van der Waals surface area (Å²) in [6.45, 7) is 3.62. The van der Waals surface area contributed by atoms with E-state index >= 15 is 0 Å². The van der Waals surface area contributed by atoms with E-state index in [1.165, 1.54) is 41.0 Å². The lowest BCUT2D eigenvalue weighted by Gasteiger charge is -2.24. The number of carbonyl (C=O) groups excluding carboxylic acids is 1. The van der Waals surface area contributed by atoms with E-state index in [1.807, 2.05) is 19.9 Å². The third-order valence-corrected chi connectivity index (χ3v) is 10.5. The van der Waals surface area contributed by atoms with Crippen LogP contribution in [0.25, 0.3) is 10.9 Å². The van der Waals surface area contributed by atoms with Gasteiger partial charge in [-0.1, -0.05) is 32.8 Å². The van der Waals surface area contributed by atoms with Gasteiger partial charge in [0.1, 0.15) is 5.69 Å². The molecule has 1 heterocycles. The van der Waals surface area contributed by atoms with E-state index in [-0.39, 0.29) is 39.7 Å². The van der Waals surface area contributed by atoms with Crippen LogP contribution in [0.1, 0.15) is 65.9 Å². The van der Waals surface area contributed by atoms with Gasteiger partial charge in [-0.15, -0.1) is 0 Å². The highest BCUT2D eigenvalue weighted by Crippen LogP contribution is 2.30. The number of unbranched alkanes of at least 4 members (excludes halogenated alkanes) is 2. The molecule has 0 radical (unpaired) electrons. The number of carboxylic acids is 1. The first-order chi connectivity index (χ1) is 18.4. The summed E-state index contributed by atoms with van der Waals surface area (Å²) in [5, 5.41) is 21.6. The molecule has 2 N–H and O–H groups in total. The molecule has 3 aromatic rings. The second-order valence-corrected chi connectivity index (χ2v) is 13.1. The lowest BCUT2D eigenvalue weighted by molar-refractivity contribution is 0.0698. The smallest absolute Gasteiger partial charge is 0.337 e. The number of aryl methyl sites for hydroxylation is 1. The fourth-order valence-electron chi connectivity index (χ4n) is 4.05. The van der Waals surface area contributed by atoms with Crippen LogP contribution in [0.15, 0.2) is 42.5 Å². The van der Waals surface area contributed by atoms with Crippen LogP contribution in [0.2, 0.25) is 0 Å². The fourth-order valence-corrected chi connectivity index (χ4v) is 8.39. The molecule has 0 aliphatic rings. The molecule has 0 saturated carbocycles. The minimum atomic E-state index is -4.20. The summed E-state index contributed by atoms with van der Waals surface area (Å²) < 4.78 is 54.7. The van der Waals surface area contributed by atoms with E-state index in [1.54, 1.807) is 7.05 Å². The van der Waals surface area contributed by atoms with Gasteiger partial charge in [0.05, 0.1) is 45.6 Å². The highest BCUT2D eigenvalue weighted by molar-refractivity contribution is 8.10. The van der Waals surface area contributed by atoms with Gasteiger partial charge in [-0.2, -0.15) is 8.97 Å². The molecule has 1 aromatic heterocycles. The number of sulfonamides is 2. The maximum absolute atomic E-state index is 13.2. The maximum atomic E-state index is 13.2. The molecule has 11 nitrogen and oxygen atoms in total. The molecule has 0 aliphatic carbocycles. The molecular formula is C26H30N4O7S2. The SMILES string of the molecule is CCCCS(=O)(=O)N(c1ccc2cc(C(=O)Nc3ccc(C#N)cc3C(=O)O)n(C)c2c1)S(=O)(=O)CCCC. The number of nitrogens with zero attached hydrogens (tertiary/aromatic N) is 3. The molecule has 0 fully saturated rings. The quantitative estimate of drug-likeness (QED) is 0.326. The Kier molecular flexibility index (Phi) is 9.03. The lowest BCUT2D eigenvalue weighted by Crippen LogP contribution is -2.40. The first-order valence-corrected chi connectivity index (χ1v) is 15.5. The zero-order valence-electron chi connectivity index (χ0n) is 21.8. The number of benzene rings is 2. The predicted octanol–water partition coefficient (Wildman–Crippen LogP) is 4.07. The van der Waals surface area contributed by atoms with Crippen molar-refractivity contribution in [2.45, 2.75) is 39.5 Å². The van der Waals surface area contributed by atoms with Crippen molar-refractivity contribution in [3.05, 3.63) is 59.3 Å². The number of aromatic carboxylic acids is 1. The number of carbonyl (C=O) groups is 2. The lowest BCUT2D eigenvalue weighted by atomic mass is 10.1. The summed E-state index contributed by atoms with van der Waals surface area (Å²) in [6.07, 6.45) is 1.74. The van der Waals surface area contributed by atoms with E-state index in [4.69, 9.17) is 5.26 Å². The van der Waals surface area contributed by atoms with Crippen LogP contribution in [0.3, 0.4) is 0 Å². The Bertz CT molecular complexity index is 1630. The molecule has 0 saturated heterocycles. The molecule has 208 valence electrons. The van der Waals surface area contributed by atoms with Gasteiger partial charge < -0.3 is 15.0 Å². The Morgan fingerprint density at radius 3 is 2.13 bits per heavy atom. The zero-order chi connectivity index (χ0) is 29.0. The largest absolute Gasteiger partial charge is 0.478 e. The van der Waals surface area contributed by atoms with Gasteiger partial charge in [-0.25, -0.2) is 21.6 Å². The molecule has 0 unspecified atom stereocenters. The first kappa shape index (κ1) is 29.7. The van der Waals surface area contributed by atoms with E-state index in [9.17, 15) is 31.5 Å². The van der Waals surface area contributed by atoms with Crippen LogP contribution >= 0.6 is 0 Å². The van der Waals surface area contributed by atoms with E-state index in [0.29, 0.717) is 40.3 Å². The summed E-state index contributed by atoms with van der Waals surface area (Å²) in [5.74, 6) is -2.63. The van der Waals surface area contributed by atoms with Crippen LogP contribution in [0.4, 0.5) is 11.4 Å². The Hall–Kier alpha value is -3.89. The molecule has 0 spiro atoms. The van der Waals surface area contributed by atoms with Crippen molar-refractivity contribution in [1.82, 2.24) is 4.57 Å². The van der Waals surface area contributed by atoms with Crippen molar-refractivity contribution in [3.63, 3.8) is 0 Å². The fraction of sp³-hybridized carbons (Fsp3) is 0.346. The second-order valence-electron chi connectivity index (χ2n) is 9.00. The Morgan fingerprint density at radius 2 is 1.59 bits per heavy atom. The highest BCUT2D eigenvalue weighted by atomic mass is 32.3. The van der Waals surface area contributed by atoms with Gasteiger partial charge in [0.2, 0.25) is 20.0 Å². The monoisotopic (exact) mass is 574 g/mol. The number of amides is 1. The van der Waals surface area contributed by atoms with Crippen LogP contribution in [-0.4, -0.2) is 49.9 Å². The predicted molar refractivity (Wildman–Crippen MR) is 149 cm³/mol. The first-order valence-electron chi connectivity index (χ1n) is 12.3. The van der Waals surface area contributed by atoms with Gasteiger partial charge in [0, 0.05) is 12.4 Å². The molecule has 39 heavy (non-hydrogen) atoms. The number of aromatic nitrogens is 1. The average molecular weight is 575 g/mol. The highest BCUT2D eigenvalue weighted by Gasteiger charge is 2.34. The van der Waals surface area contributed by atoms with Crippen molar-refractivity contribution in [2.24, 2.45) is 7.05 Å². The molecule has 3 rings (SSSR count). The summed E-state index contributed by atoms with van der Waals surface area (Å²) in [5.41, 5.74) is 0.328. The molecule has 1 amide bonds. The van der Waals surface area contributed by atoms with Crippen molar-refractivity contribution < 1.29 is 31.5 Å². The van der Waals surface area contributed by atoms with E-state index in [2.05, 4.69) is 5.32 Å². The summed E-state index contributed by atoms with van der Waals surface area (Å²) in [7, 11) is -6.84. The van der Waals surface area contributed by atoms with Crippen molar-refractivity contribution in [2.75, 3.05) is 20.5 Å². The molecule has 0 atom stereocenters. The number of fused-ring (bicyclic) bond motifs is 1. The molecular weight excluding hydrogens is 544 g/mol. The van der Waals surface area contributed by atoms with Gasteiger partial charge in [0.15, 0.2) is 0 Å².